The molecule has 0 aliphatic carbocycles. The lowest BCUT2D eigenvalue weighted by Gasteiger charge is -1.83. The normalized spacial score (nSPS) is 12.9. The molecule has 0 heterocycles. The van der Waals surface area contributed by atoms with Gasteiger partial charge in [0.25, 0.3) is 0 Å². The molecule has 0 aromatic heterocycles. The lowest BCUT2D eigenvalue weighted by molar-refractivity contribution is 0.272. The van der Waals surface area contributed by atoms with Crippen LogP contribution < -0.4 is 0 Å². The van der Waals surface area contributed by atoms with Gasteiger partial charge < -0.3 is 38.5 Å². The zero-order valence-corrected chi connectivity index (χ0v) is 8.67. The first kappa shape index (κ1) is 19.8. The van der Waals surface area contributed by atoms with Crippen LogP contribution in [0.3, 0.4) is 0 Å². The van der Waals surface area contributed by atoms with Gasteiger partial charge >= 0.3 is 15.6 Å². The molecule has 14 heavy (non-hydrogen) atoms. The summed E-state index contributed by atoms with van der Waals surface area (Å²) < 4.78 is 41.8. The molecule has 0 aliphatic rings. The molecular formula is H7O11P2S-. The highest BCUT2D eigenvalue weighted by Gasteiger charge is 2.00. The Balaban J connectivity index is -0.000000131. The van der Waals surface area contributed by atoms with Crippen LogP contribution in [-0.2, 0) is 20.5 Å². The SMILES string of the molecule is O=P(O)(O)O.O=P(O)(O)O.O=S([O-])O. The largest absolute Gasteiger partial charge is 0.750 e. The van der Waals surface area contributed by atoms with Crippen LogP contribution in [-0.4, -0.2) is 42.7 Å². The number of rotatable bonds is 0. The molecular weight excluding hydrogens is 270 g/mol. The van der Waals surface area contributed by atoms with Gasteiger partial charge in [0.05, 0.1) is 11.4 Å². The van der Waals surface area contributed by atoms with Crippen molar-refractivity contribution >= 4 is 27.0 Å². The van der Waals surface area contributed by atoms with Crippen molar-refractivity contribution in [3.05, 3.63) is 0 Å². The van der Waals surface area contributed by atoms with Gasteiger partial charge in [-0.05, 0) is 0 Å². The first-order valence-corrected chi connectivity index (χ1v) is 6.24. The first-order chi connectivity index (χ1) is 5.73. The van der Waals surface area contributed by atoms with Crippen LogP contribution >= 0.6 is 15.6 Å². The number of hydrogen-bond acceptors (Lipinski definition) is 4. The van der Waals surface area contributed by atoms with Crippen molar-refractivity contribution in [2.75, 3.05) is 0 Å². The maximum atomic E-state index is 8.88. The first-order valence-electron chi connectivity index (χ1n) is 2.08. The maximum Gasteiger partial charge on any atom is 0.466 e. The van der Waals surface area contributed by atoms with Crippen molar-refractivity contribution in [3.63, 3.8) is 0 Å². The molecule has 0 spiro atoms. The monoisotopic (exact) mass is 277 g/mol. The van der Waals surface area contributed by atoms with Crippen LogP contribution in [0.15, 0.2) is 0 Å². The zero-order chi connectivity index (χ0) is 12.6. The Kier molecular flexibility index (Phi) is 12.1. The number of phosphoric acid groups is 2. The summed E-state index contributed by atoms with van der Waals surface area (Å²) in [4.78, 5) is 43.1. The van der Waals surface area contributed by atoms with Crippen molar-refractivity contribution in [2.24, 2.45) is 0 Å². The van der Waals surface area contributed by atoms with Crippen LogP contribution in [0.4, 0.5) is 0 Å². The van der Waals surface area contributed by atoms with Crippen LogP contribution in [0.5, 0.6) is 0 Å². The molecule has 0 aromatic carbocycles. The van der Waals surface area contributed by atoms with E-state index in [9.17, 15) is 0 Å². The molecule has 0 saturated heterocycles. The predicted octanol–water partition coefficient (Wildman–Crippen LogP) is -2.52. The van der Waals surface area contributed by atoms with Crippen molar-refractivity contribution < 1.29 is 51.8 Å². The van der Waals surface area contributed by atoms with E-state index in [0.29, 0.717) is 0 Å². The molecule has 0 rings (SSSR count). The van der Waals surface area contributed by atoms with E-state index in [4.69, 9.17) is 51.8 Å². The summed E-state index contributed by atoms with van der Waals surface area (Å²) in [6, 6.07) is 0. The molecule has 90 valence electrons. The third-order valence-corrected chi connectivity index (χ3v) is 0. The van der Waals surface area contributed by atoms with Gasteiger partial charge in [0.15, 0.2) is 0 Å². The average molecular weight is 277 g/mol. The molecule has 0 radical (unpaired) electrons. The van der Waals surface area contributed by atoms with Gasteiger partial charge in [0.2, 0.25) is 0 Å². The molecule has 1 unspecified atom stereocenters. The molecule has 0 fully saturated rings. The van der Waals surface area contributed by atoms with Crippen molar-refractivity contribution in [1.82, 2.24) is 0 Å². The van der Waals surface area contributed by atoms with Gasteiger partial charge in [-0.2, -0.15) is 0 Å². The summed E-state index contributed by atoms with van der Waals surface area (Å²) in [6.07, 6.45) is 0. The summed E-state index contributed by atoms with van der Waals surface area (Å²) in [6.45, 7) is 0. The highest BCUT2D eigenvalue weighted by atomic mass is 32.2. The summed E-state index contributed by atoms with van der Waals surface area (Å²) in [5.74, 6) is 0. The van der Waals surface area contributed by atoms with Gasteiger partial charge in [-0.25, -0.2) is 13.3 Å². The minimum absolute atomic E-state index is 2.86. The van der Waals surface area contributed by atoms with E-state index in [0.717, 1.165) is 0 Å². The van der Waals surface area contributed by atoms with Crippen molar-refractivity contribution in [2.45, 2.75) is 0 Å². The van der Waals surface area contributed by atoms with Crippen LogP contribution in [0, 0.1) is 0 Å². The van der Waals surface area contributed by atoms with E-state index in [1.165, 1.54) is 0 Å². The van der Waals surface area contributed by atoms with Crippen molar-refractivity contribution in [3.8, 4) is 0 Å². The fourth-order valence-corrected chi connectivity index (χ4v) is 0. The van der Waals surface area contributed by atoms with E-state index >= 15 is 0 Å². The third kappa shape index (κ3) is 18600. The predicted molar refractivity (Wildman–Crippen MR) is 40.1 cm³/mol. The molecule has 0 aliphatic heterocycles. The highest BCUT2D eigenvalue weighted by molar-refractivity contribution is 7.73. The molecule has 0 bridgehead atoms. The second-order valence-corrected chi connectivity index (χ2v) is 3.73. The minimum atomic E-state index is -4.64. The molecule has 11 nitrogen and oxygen atoms in total. The van der Waals surface area contributed by atoms with Gasteiger partial charge in [-0.15, -0.1) is 0 Å². The van der Waals surface area contributed by atoms with Gasteiger partial charge in [-0.3, -0.25) is 0 Å². The molecule has 14 heteroatoms. The minimum Gasteiger partial charge on any atom is -0.750 e. The lowest BCUT2D eigenvalue weighted by atomic mass is 15.8. The molecule has 0 saturated carbocycles. The molecule has 0 aromatic rings. The van der Waals surface area contributed by atoms with E-state index < -0.39 is 27.0 Å². The maximum absolute atomic E-state index is 8.88. The van der Waals surface area contributed by atoms with Gasteiger partial charge in [-0.1, -0.05) is 0 Å². The number of hydrogen-bond donors (Lipinski definition) is 7. The molecule has 7 N–H and O–H groups in total. The standard InChI is InChI=1S/2H3O4P.H2O3S/c2*1-5(2,3)4;1-4(2)3/h2*(H3,1,2,3,4);(H2,1,2,3)/p-1. The summed E-state index contributed by atoms with van der Waals surface area (Å²) >= 11 is -2.86. The topological polar surface area (TPSA) is 216 Å². The van der Waals surface area contributed by atoms with Crippen LogP contribution in [0.1, 0.15) is 0 Å². The lowest BCUT2D eigenvalue weighted by Crippen LogP contribution is -1.75. The second kappa shape index (κ2) is 8.59. The van der Waals surface area contributed by atoms with E-state index in [2.05, 4.69) is 0 Å². The van der Waals surface area contributed by atoms with Gasteiger partial charge in [0.1, 0.15) is 0 Å². The van der Waals surface area contributed by atoms with Crippen LogP contribution in [0.25, 0.3) is 0 Å². The van der Waals surface area contributed by atoms with Crippen LogP contribution in [0.2, 0.25) is 0 Å². The molecule has 0 amide bonds. The quantitative estimate of drug-likeness (QED) is 0.181. The second-order valence-electron chi connectivity index (χ2n) is 1.24. The Labute approximate surface area is 79.6 Å². The fraction of sp³-hybridized carbons (Fsp3) is 0. The third-order valence-electron chi connectivity index (χ3n) is 0. The molecule has 1 atom stereocenters. The smallest absolute Gasteiger partial charge is 0.466 e. The Morgan fingerprint density at radius 2 is 0.857 bits per heavy atom. The fourth-order valence-electron chi connectivity index (χ4n) is 0. The summed E-state index contributed by atoms with van der Waals surface area (Å²) in [5, 5.41) is 0. The van der Waals surface area contributed by atoms with Crippen molar-refractivity contribution in [1.29, 1.82) is 0 Å². The van der Waals surface area contributed by atoms with E-state index in [1.54, 1.807) is 0 Å². The zero-order valence-electron chi connectivity index (χ0n) is 6.07. The van der Waals surface area contributed by atoms with E-state index in [1.807, 2.05) is 0 Å². The Bertz CT molecular complexity index is 189. The summed E-state index contributed by atoms with van der Waals surface area (Å²) in [7, 11) is -9.28. The van der Waals surface area contributed by atoms with Gasteiger partial charge in [0, 0.05) is 0 Å². The van der Waals surface area contributed by atoms with E-state index in [-0.39, 0.29) is 0 Å². The Morgan fingerprint density at radius 3 is 0.857 bits per heavy atom. The Morgan fingerprint density at radius 1 is 0.857 bits per heavy atom. The average Bonchev–Trinajstić information content (AvgIpc) is 1.45. The Hall–Kier alpha value is 0.290. The highest BCUT2D eigenvalue weighted by Crippen LogP contribution is 2.26. The summed E-state index contributed by atoms with van der Waals surface area (Å²) in [5.41, 5.74) is 0.